The summed E-state index contributed by atoms with van der Waals surface area (Å²) in [5, 5.41) is 2.82. The van der Waals surface area contributed by atoms with Gasteiger partial charge in [-0.05, 0) is 25.3 Å². The molecule has 7 nitrogen and oxygen atoms in total. The number of aryl methyl sites for hydroxylation is 1. The molecule has 0 bridgehead atoms. The zero-order valence-corrected chi connectivity index (χ0v) is 15.0. The molecule has 0 radical (unpaired) electrons. The Morgan fingerprint density at radius 2 is 1.88 bits per heavy atom. The van der Waals surface area contributed by atoms with Crippen molar-refractivity contribution in [3.63, 3.8) is 0 Å². The Bertz CT molecular complexity index is 837. The molecule has 0 atom stereocenters. The van der Waals surface area contributed by atoms with Gasteiger partial charge in [-0.1, -0.05) is 29.8 Å². The number of nitrogens with one attached hydrogen (secondary N) is 1. The number of carbonyl (C=O) groups excluding carboxylic acids is 1. The lowest BCUT2D eigenvalue weighted by Gasteiger charge is -2.12. The second-order valence-electron chi connectivity index (χ2n) is 6.26. The highest BCUT2D eigenvalue weighted by atomic mass is 32.2. The molecule has 134 valence electrons. The van der Waals surface area contributed by atoms with E-state index >= 15 is 0 Å². The van der Waals surface area contributed by atoms with E-state index in [0.29, 0.717) is 19.6 Å². The zero-order valence-electron chi connectivity index (χ0n) is 14.2. The molecule has 0 saturated carbocycles. The number of benzene rings is 1. The second kappa shape index (κ2) is 7.37. The molecule has 1 aliphatic heterocycles. The fourth-order valence-electron chi connectivity index (χ4n) is 2.75. The van der Waals surface area contributed by atoms with Crippen LogP contribution in [0.1, 0.15) is 24.0 Å². The van der Waals surface area contributed by atoms with Crippen LogP contribution in [0.15, 0.2) is 41.8 Å². The summed E-state index contributed by atoms with van der Waals surface area (Å²) < 4.78 is 27.8. The van der Waals surface area contributed by atoms with Crippen LogP contribution in [0.3, 0.4) is 0 Å². The first-order valence-electron chi connectivity index (χ1n) is 8.29. The Balaban J connectivity index is 1.57. The minimum absolute atomic E-state index is 0.000680. The van der Waals surface area contributed by atoms with E-state index in [1.54, 1.807) is 0 Å². The fraction of sp³-hybridized carbons (Fsp3) is 0.412. The lowest BCUT2D eigenvalue weighted by atomic mass is 10.1. The Morgan fingerprint density at radius 1 is 1.20 bits per heavy atom. The molecular weight excluding hydrogens is 340 g/mol. The number of hydrogen-bond acceptors (Lipinski definition) is 4. The van der Waals surface area contributed by atoms with Crippen LogP contribution >= 0.6 is 0 Å². The van der Waals surface area contributed by atoms with Crippen LogP contribution in [0, 0.1) is 6.92 Å². The molecule has 25 heavy (non-hydrogen) atoms. The van der Waals surface area contributed by atoms with Gasteiger partial charge in [0.2, 0.25) is 5.91 Å². The maximum atomic E-state index is 12.4. The van der Waals surface area contributed by atoms with E-state index < -0.39 is 10.0 Å². The normalized spacial score (nSPS) is 15.4. The molecule has 1 aromatic heterocycles. The second-order valence-corrected chi connectivity index (χ2v) is 8.14. The predicted molar refractivity (Wildman–Crippen MR) is 93.2 cm³/mol. The minimum Gasteiger partial charge on any atom is -0.350 e. The van der Waals surface area contributed by atoms with Crippen molar-refractivity contribution in [3.8, 4) is 0 Å². The molecule has 0 aliphatic carbocycles. The first-order chi connectivity index (χ1) is 11.9. The summed E-state index contributed by atoms with van der Waals surface area (Å²) in [5.74, 6) is -0.192. The van der Waals surface area contributed by atoms with Crippen molar-refractivity contribution in [2.24, 2.45) is 0 Å². The van der Waals surface area contributed by atoms with Crippen LogP contribution < -0.4 is 5.32 Å². The summed E-state index contributed by atoms with van der Waals surface area (Å²) in [5.41, 5.74) is 2.18. The lowest BCUT2D eigenvalue weighted by molar-refractivity contribution is -0.121. The molecule has 0 spiro atoms. The van der Waals surface area contributed by atoms with Crippen molar-refractivity contribution in [1.82, 2.24) is 19.2 Å². The standard InChI is InChI=1S/C17H22N4O3S/c1-14-4-6-15(7-5-14)10-18-16(22)11-20-12-17(19-13-20)25(23,24)21-8-2-3-9-21/h4-7,12-13H,2-3,8-11H2,1H3,(H,18,22). The van der Waals surface area contributed by atoms with Gasteiger partial charge in [0.25, 0.3) is 10.0 Å². The van der Waals surface area contributed by atoms with Crippen LogP contribution in [0.4, 0.5) is 0 Å². The third kappa shape index (κ3) is 4.26. The molecule has 1 fully saturated rings. The van der Waals surface area contributed by atoms with Gasteiger partial charge in [-0.3, -0.25) is 4.79 Å². The highest BCUT2D eigenvalue weighted by Crippen LogP contribution is 2.19. The van der Waals surface area contributed by atoms with Crippen LogP contribution in [0.25, 0.3) is 0 Å². The van der Waals surface area contributed by atoms with Crippen molar-refractivity contribution < 1.29 is 13.2 Å². The Morgan fingerprint density at radius 3 is 2.56 bits per heavy atom. The number of imidazole rings is 1. The van der Waals surface area contributed by atoms with Gasteiger partial charge in [0.15, 0.2) is 5.03 Å². The summed E-state index contributed by atoms with van der Waals surface area (Å²) in [6, 6.07) is 7.92. The van der Waals surface area contributed by atoms with E-state index in [1.807, 2.05) is 31.2 Å². The van der Waals surface area contributed by atoms with Crippen LogP contribution in [0.5, 0.6) is 0 Å². The molecule has 2 heterocycles. The summed E-state index contributed by atoms with van der Waals surface area (Å²) >= 11 is 0. The van der Waals surface area contributed by atoms with Gasteiger partial charge in [0.05, 0.1) is 6.33 Å². The van der Waals surface area contributed by atoms with E-state index in [2.05, 4.69) is 10.3 Å². The molecule has 8 heteroatoms. The number of carbonyl (C=O) groups is 1. The van der Waals surface area contributed by atoms with Crippen LogP contribution in [-0.4, -0.2) is 41.3 Å². The number of amides is 1. The molecule has 1 N–H and O–H groups in total. The van der Waals surface area contributed by atoms with Crippen molar-refractivity contribution in [2.45, 2.75) is 37.9 Å². The minimum atomic E-state index is -3.54. The van der Waals surface area contributed by atoms with Crippen molar-refractivity contribution >= 4 is 15.9 Å². The lowest BCUT2D eigenvalue weighted by Crippen LogP contribution is -2.28. The third-order valence-corrected chi connectivity index (χ3v) is 6.00. The quantitative estimate of drug-likeness (QED) is 0.839. The summed E-state index contributed by atoms with van der Waals surface area (Å²) in [4.78, 5) is 16.0. The zero-order chi connectivity index (χ0) is 17.9. The van der Waals surface area contributed by atoms with Crippen molar-refractivity contribution in [1.29, 1.82) is 0 Å². The molecule has 0 unspecified atom stereocenters. The molecule has 3 rings (SSSR count). The first kappa shape index (κ1) is 17.6. The summed E-state index contributed by atoms with van der Waals surface area (Å²) in [7, 11) is -3.54. The molecule has 2 aromatic rings. The molecule has 1 amide bonds. The van der Waals surface area contributed by atoms with Crippen molar-refractivity contribution in [2.75, 3.05) is 13.1 Å². The smallest absolute Gasteiger partial charge is 0.262 e. The number of sulfonamides is 1. The molecule has 1 saturated heterocycles. The van der Waals surface area contributed by atoms with Gasteiger partial charge in [0.1, 0.15) is 6.54 Å². The molecular formula is C17H22N4O3S. The van der Waals surface area contributed by atoms with Gasteiger partial charge in [-0.25, -0.2) is 13.4 Å². The number of hydrogen-bond donors (Lipinski definition) is 1. The van der Waals surface area contributed by atoms with E-state index in [1.165, 1.54) is 27.0 Å². The third-order valence-electron chi connectivity index (χ3n) is 4.22. The molecule has 1 aliphatic rings. The maximum absolute atomic E-state index is 12.4. The maximum Gasteiger partial charge on any atom is 0.262 e. The van der Waals surface area contributed by atoms with Gasteiger partial charge in [-0.15, -0.1) is 0 Å². The van der Waals surface area contributed by atoms with E-state index in [9.17, 15) is 13.2 Å². The largest absolute Gasteiger partial charge is 0.350 e. The molecule has 1 aromatic carbocycles. The Kier molecular flexibility index (Phi) is 5.19. The number of rotatable bonds is 6. The average molecular weight is 362 g/mol. The Hall–Kier alpha value is -2.19. The van der Waals surface area contributed by atoms with E-state index in [-0.39, 0.29) is 17.5 Å². The van der Waals surface area contributed by atoms with Gasteiger partial charge < -0.3 is 9.88 Å². The highest BCUT2D eigenvalue weighted by molar-refractivity contribution is 7.89. The summed E-state index contributed by atoms with van der Waals surface area (Å²) in [6.07, 6.45) is 4.55. The van der Waals surface area contributed by atoms with E-state index in [0.717, 1.165) is 18.4 Å². The van der Waals surface area contributed by atoms with Gasteiger partial charge in [0, 0.05) is 25.8 Å². The number of aromatic nitrogens is 2. The first-order valence-corrected chi connectivity index (χ1v) is 9.73. The van der Waals surface area contributed by atoms with Gasteiger partial charge in [-0.2, -0.15) is 4.31 Å². The number of nitrogens with zero attached hydrogens (tertiary/aromatic N) is 3. The van der Waals surface area contributed by atoms with E-state index in [4.69, 9.17) is 0 Å². The van der Waals surface area contributed by atoms with Gasteiger partial charge >= 0.3 is 0 Å². The monoisotopic (exact) mass is 362 g/mol. The van der Waals surface area contributed by atoms with Crippen LogP contribution in [-0.2, 0) is 27.9 Å². The van der Waals surface area contributed by atoms with Crippen molar-refractivity contribution in [3.05, 3.63) is 47.9 Å². The highest BCUT2D eigenvalue weighted by Gasteiger charge is 2.29. The fourth-order valence-corrected chi connectivity index (χ4v) is 4.20. The Labute approximate surface area is 147 Å². The SMILES string of the molecule is Cc1ccc(CNC(=O)Cn2cnc(S(=O)(=O)N3CCCC3)c2)cc1. The van der Waals surface area contributed by atoms with Crippen LogP contribution in [0.2, 0.25) is 0 Å². The predicted octanol–water partition coefficient (Wildman–Crippen LogP) is 1.29. The average Bonchev–Trinajstić information content (AvgIpc) is 3.26. The summed E-state index contributed by atoms with van der Waals surface area (Å²) in [6.45, 7) is 3.55. The topological polar surface area (TPSA) is 84.3 Å².